The maximum atomic E-state index is 12.8. The van der Waals surface area contributed by atoms with Crippen LogP contribution in [0, 0.1) is 5.41 Å². The minimum absolute atomic E-state index is 0.187. The molecule has 2 heterocycles. The molecule has 2 aliphatic rings. The summed E-state index contributed by atoms with van der Waals surface area (Å²) >= 11 is 0. The standard InChI is InChI=1S/C12H17F2N5O2/c13-12(14)5-8(6-12)16-7-9(11-17-18-21-11)10(15)19-1-3-20-4-2-19/h7-8,15-16,18H,1-6H2/b9-7+,15-10?. The minimum atomic E-state index is -2.57. The van der Waals surface area contributed by atoms with Crippen molar-refractivity contribution in [2.45, 2.75) is 24.8 Å². The number of H-pyrrole nitrogens is 1. The number of alkyl halides is 2. The number of morpholine rings is 1. The van der Waals surface area contributed by atoms with Crippen LogP contribution in [-0.2, 0) is 4.74 Å². The van der Waals surface area contributed by atoms with Gasteiger partial charge in [-0.05, 0) is 0 Å². The Bertz CT molecular complexity index is 516. The van der Waals surface area contributed by atoms with E-state index in [9.17, 15) is 8.78 Å². The first-order valence-corrected chi connectivity index (χ1v) is 6.81. The van der Waals surface area contributed by atoms with Gasteiger partial charge in [0.1, 0.15) is 5.84 Å². The van der Waals surface area contributed by atoms with E-state index < -0.39 is 5.92 Å². The van der Waals surface area contributed by atoms with Gasteiger partial charge in [-0.1, -0.05) is 0 Å². The molecule has 0 radical (unpaired) electrons. The number of amidine groups is 1. The van der Waals surface area contributed by atoms with Crippen molar-refractivity contribution in [2.75, 3.05) is 26.3 Å². The molecule has 116 valence electrons. The van der Waals surface area contributed by atoms with Crippen LogP contribution in [0.5, 0.6) is 0 Å². The lowest BCUT2D eigenvalue weighted by Gasteiger charge is -2.35. The van der Waals surface area contributed by atoms with Crippen molar-refractivity contribution in [1.29, 1.82) is 5.41 Å². The Morgan fingerprint density at radius 3 is 2.62 bits per heavy atom. The molecule has 0 spiro atoms. The molecule has 1 aromatic heterocycles. The number of aromatic nitrogens is 2. The molecule has 1 saturated heterocycles. The highest BCUT2D eigenvalue weighted by molar-refractivity contribution is 6.19. The van der Waals surface area contributed by atoms with Crippen LogP contribution in [-0.4, -0.2) is 59.4 Å². The van der Waals surface area contributed by atoms with E-state index in [4.69, 9.17) is 14.7 Å². The van der Waals surface area contributed by atoms with E-state index in [2.05, 4.69) is 15.7 Å². The molecule has 3 rings (SSSR count). The summed E-state index contributed by atoms with van der Waals surface area (Å²) in [5, 5.41) is 17.3. The molecule has 1 aromatic rings. The molecule has 1 aliphatic carbocycles. The number of ether oxygens (including phenoxy) is 1. The van der Waals surface area contributed by atoms with E-state index in [0.29, 0.717) is 31.9 Å². The van der Waals surface area contributed by atoms with Gasteiger partial charge in [-0.15, -0.1) is 10.4 Å². The molecular weight excluding hydrogens is 284 g/mol. The van der Waals surface area contributed by atoms with Gasteiger partial charge in [-0.3, -0.25) is 5.41 Å². The van der Waals surface area contributed by atoms with E-state index in [-0.39, 0.29) is 30.6 Å². The van der Waals surface area contributed by atoms with Gasteiger partial charge in [0.25, 0.3) is 11.8 Å². The number of rotatable bonds is 4. The summed E-state index contributed by atoms with van der Waals surface area (Å²) in [5.74, 6) is -2.04. The number of nitrogens with one attached hydrogen (secondary N) is 3. The molecule has 21 heavy (non-hydrogen) atoms. The molecule has 1 aliphatic heterocycles. The third kappa shape index (κ3) is 3.07. The quantitative estimate of drug-likeness (QED) is 0.571. The minimum Gasteiger partial charge on any atom is -0.387 e. The first kappa shape index (κ1) is 14.1. The molecule has 0 bridgehead atoms. The lowest BCUT2D eigenvalue weighted by molar-refractivity contribution is -0.0898. The third-order valence-electron chi connectivity index (χ3n) is 3.66. The van der Waals surface area contributed by atoms with Gasteiger partial charge in [0.15, 0.2) is 0 Å². The fourth-order valence-corrected chi connectivity index (χ4v) is 2.38. The summed E-state index contributed by atoms with van der Waals surface area (Å²) in [6.07, 6.45) is 1.16. The maximum absolute atomic E-state index is 12.8. The highest BCUT2D eigenvalue weighted by Crippen LogP contribution is 2.37. The average molecular weight is 301 g/mol. The largest absolute Gasteiger partial charge is 0.387 e. The molecule has 2 fully saturated rings. The van der Waals surface area contributed by atoms with E-state index >= 15 is 0 Å². The molecule has 0 atom stereocenters. The van der Waals surface area contributed by atoms with Crippen LogP contribution in [0.3, 0.4) is 0 Å². The van der Waals surface area contributed by atoms with E-state index in [1.807, 2.05) is 4.90 Å². The second kappa shape index (κ2) is 5.47. The molecule has 3 N–H and O–H groups in total. The highest BCUT2D eigenvalue weighted by Gasteiger charge is 2.45. The van der Waals surface area contributed by atoms with Gasteiger partial charge in [-0.2, -0.15) is 0 Å². The fourth-order valence-electron chi connectivity index (χ4n) is 2.38. The highest BCUT2D eigenvalue weighted by atomic mass is 19.3. The molecule has 9 heteroatoms. The molecular formula is C12H17F2N5O2. The van der Waals surface area contributed by atoms with E-state index in [0.717, 1.165) is 0 Å². The summed E-state index contributed by atoms with van der Waals surface area (Å²) in [4.78, 5) is 1.84. The van der Waals surface area contributed by atoms with Crippen molar-refractivity contribution in [2.24, 2.45) is 0 Å². The number of aromatic amines is 1. The zero-order chi connectivity index (χ0) is 14.9. The number of hydrogen-bond acceptors (Lipinski definition) is 5. The molecule has 7 nitrogen and oxygen atoms in total. The SMILES string of the molecule is N=C(/C(=C\NC1CC(F)(F)C1)c1n[nH]o1)N1CCOCC1. The normalized spacial score (nSPS) is 23.0. The lowest BCUT2D eigenvalue weighted by atomic mass is 9.88. The first-order valence-electron chi connectivity index (χ1n) is 6.81. The van der Waals surface area contributed by atoms with E-state index in [1.165, 1.54) is 6.20 Å². The van der Waals surface area contributed by atoms with Crippen LogP contribution in [0.15, 0.2) is 10.7 Å². The van der Waals surface area contributed by atoms with Crippen molar-refractivity contribution in [1.82, 2.24) is 20.6 Å². The van der Waals surface area contributed by atoms with Crippen LogP contribution >= 0.6 is 0 Å². The van der Waals surface area contributed by atoms with Gasteiger partial charge in [0.2, 0.25) is 0 Å². The predicted molar refractivity (Wildman–Crippen MR) is 70.1 cm³/mol. The second-order valence-electron chi connectivity index (χ2n) is 5.24. The Kier molecular flexibility index (Phi) is 3.66. The van der Waals surface area contributed by atoms with Gasteiger partial charge in [0, 0.05) is 38.2 Å². The third-order valence-corrected chi connectivity index (χ3v) is 3.66. The number of nitrogens with zero attached hydrogens (tertiary/aromatic N) is 2. The Morgan fingerprint density at radius 1 is 1.43 bits per heavy atom. The van der Waals surface area contributed by atoms with E-state index in [1.54, 1.807) is 0 Å². The number of hydrogen-bond donors (Lipinski definition) is 3. The first-order chi connectivity index (χ1) is 10.1. The van der Waals surface area contributed by atoms with Crippen LogP contribution < -0.4 is 5.32 Å². The summed E-state index contributed by atoms with van der Waals surface area (Å²) in [7, 11) is 0. The van der Waals surface area contributed by atoms with Crippen molar-refractivity contribution >= 4 is 11.4 Å². The van der Waals surface area contributed by atoms with Crippen molar-refractivity contribution in [3.63, 3.8) is 0 Å². The molecule has 0 unspecified atom stereocenters. The van der Waals surface area contributed by atoms with Gasteiger partial charge < -0.3 is 19.5 Å². The average Bonchev–Trinajstić information content (AvgIpc) is 2.39. The zero-order valence-corrected chi connectivity index (χ0v) is 11.4. The topological polar surface area (TPSA) is 90.2 Å². The monoisotopic (exact) mass is 301 g/mol. The van der Waals surface area contributed by atoms with Crippen molar-refractivity contribution in [3.8, 4) is 0 Å². The smallest absolute Gasteiger partial charge is 0.279 e. The summed E-state index contributed by atoms with van der Waals surface area (Å²) in [6.45, 7) is 2.34. The van der Waals surface area contributed by atoms with Crippen LogP contribution in [0.25, 0.3) is 5.57 Å². The van der Waals surface area contributed by atoms with Crippen molar-refractivity contribution in [3.05, 3.63) is 12.1 Å². The van der Waals surface area contributed by atoms with Crippen molar-refractivity contribution < 1.29 is 18.0 Å². The summed E-state index contributed by atoms with van der Waals surface area (Å²) in [6, 6.07) is -0.277. The van der Waals surface area contributed by atoms with Gasteiger partial charge in [0.05, 0.1) is 18.8 Å². The molecule has 0 amide bonds. The fraction of sp³-hybridized carbons (Fsp3) is 0.667. The Balaban J connectivity index is 1.66. The van der Waals surface area contributed by atoms with Gasteiger partial charge in [-0.25, -0.2) is 8.78 Å². The summed E-state index contributed by atoms with van der Waals surface area (Å²) < 4.78 is 35.9. The molecule has 1 saturated carbocycles. The zero-order valence-electron chi connectivity index (χ0n) is 11.4. The van der Waals surface area contributed by atoms with Crippen LogP contribution in [0.2, 0.25) is 0 Å². The Morgan fingerprint density at radius 2 is 2.10 bits per heavy atom. The summed E-state index contributed by atoms with van der Waals surface area (Å²) in [5.41, 5.74) is 0.450. The van der Waals surface area contributed by atoms with Gasteiger partial charge >= 0.3 is 0 Å². The van der Waals surface area contributed by atoms with Crippen LogP contribution in [0.1, 0.15) is 18.7 Å². The molecule has 0 aromatic carbocycles. The maximum Gasteiger partial charge on any atom is 0.279 e. The van der Waals surface area contributed by atoms with Crippen LogP contribution in [0.4, 0.5) is 8.78 Å². The second-order valence-corrected chi connectivity index (χ2v) is 5.24. The predicted octanol–water partition coefficient (Wildman–Crippen LogP) is 1.04. The number of halogens is 2. The lowest BCUT2D eigenvalue weighted by Crippen LogP contribution is -2.47. The Labute approximate surface area is 119 Å². The Hall–Kier alpha value is -1.90.